The first kappa shape index (κ1) is 37.7. The number of benzene rings is 8. The van der Waals surface area contributed by atoms with Gasteiger partial charge in [-0.15, -0.1) is 0 Å². The fourth-order valence-corrected chi connectivity index (χ4v) is 12.7. The van der Waals surface area contributed by atoms with E-state index in [1.165, 1.54) is 111 Å². The maximum atomic E-state index is 2.61. The highest BCUT2D eigenvalue weighted by Gasteiger charge is 2.46. The summed E-state index contributed by atoms with van der Waals surface area (Å²) in [5, 5.41) is 5.29. The minimum atomic E-state index is -0.0762. The number of rotatable bonds is 6. The second kappa shape index (κ2) is 14.2. The zero-order valence-corrected chi connectivity index (χ0v) is 37.2. The Labute approximate surface area is 386 Å². The van der Waals surface area contributed by atoms with Crippen LogP contribution in [0.4, 0.5) is 5.69 Å². The summed E-state index contributed by atoms with van der Waals surface area (Å²) in [4.78, 5) is 2.61. The Kier molecular flexibility index (Phi) is 8.08. The van der Waals surface area contributed by atoms with Crippen molar-refractivity contribution in [2.24, 2.45) is 5.92 Å². The van der Waals surface area contributed by atoms with Crippen molar-refractivity contribution in [1.82, 2.24) is 4.40 Å². The van der Waals surface area contributed by atoms with Crippen molar-refractivity contribution in [1.29, 1.82) is 0 Å². The van der Waals surface area contributed by atoms with Crippen molar-refractivity contribution in [3.8, 4) is 33.4 Å². The third-order valence-corrected chi connectivity index (χ3v) is 15.8. The van der Waals surface area contributed by atoms with Gasteiger partial charge in [0.2, 0.25) is 0 Å². The molecule has 314 valence electrons. The molecule has 2 heterocycles. The van der Waals surface area contributed by atoms with Crippen LogP contribution >= 0.6 is 0 Å². The highest BCUT2D eigenvalue weighted by atomic mass is 15.2. The summed E-state index contributed by atoms with van der Waals surface area (Å²) >= 11 is 0. The molecule has 0 fully saturated rings. The Morgan fingerprint density at radius 3 is 1.92 bits per heavy atom. The van der Waals surface area contributed by atoms with Crippen LogP contribution in [0, 0.1) is 5.92 Å². The van der Waals surface area contributed by atoms with E-state index >= 15 is 0 Å². The van der Waals surface area contributed by atoms with Crippen LogP contribution in [0.15, 0.2) is 230 Å². The smallest absolute Gasteiger partial charge is 0.0620 e. The summed E-state index contributed by atoms with van der Waals surface area (Å²) in [7, 11) is 0. The number of fused-ring (bicyclic) bond motifs is 12. The summed E-state index contributed by atoms with van der Waals surface area (Å²) in [5.74, 6) is 0.891. The summed E-state index contributed by atoms with van der Waals surface area (Å²) in [6, 6.07) is 68.2. The Balaban J connectivity index is 0.819. The molecular weight excluding hydrogens is 797 g/mol. The van der Waals surface area contributed by atoms with E-state index in [0.29, 0.717) is 11.8 Å². The first-order valence-electron chi connectivity index (χ1n) is 23.7. The van der Waals surface area contributed by atoms with Crippen LogP contribution in [0.25, 0.3) is 71.5 Å². The molecule has 0 spiro atoms. The molecule has 0 saturated carbocycles. The van der Waals surface area contributed by atoms with Gasteiger partial charge in [0.15, 0.2) is 0 Å². The van der Waals surface area contributed by atoms with Crippen molar-refractivity contribution in [3.05, 3.63) is 252 Å². The molecule has 0 aliphatic heterocycles. The van der Waals surface area contributed by atoms with E-state index in [2.05, 4.69) is 242 Å². The first-order valence-corrected chi connectivity index (χ1v) is 23.7. The molecule has 0 radical (unpaired) electrons. The van der Waals surface area contributed by atoms with Crippen LogP contribution in [-0.2, 0) is 5.41 Å². The van der Waals surface area contributed by atoms with Gasteiger partial charge in [-0.05, 0) is 115 Å². The van der Waals surface area contributed by atoms with Crippen LogP contribution in [-0.4, -0.2) is 10.4 Å². The van der Waals surface area contributed by atoms with Gasteiger partial charge < -0.3 is 9.30 Å². The standard InChI is InChI=1S/C64H48N2/c1-64(2)58-38-44(43-28-36-61-57(37-43)56-21-12-20-55-52-17-10-11-22-60(52)66(61)63(55)56)27-34-50(58)51-35-33-47(39-59(51)64)65(45-29-23-41(24-30-45)40-13-4-3-5-14-40)46-31-25-42(26-32-46)62-53-18-8-6-15-48(53)49-16-7-9-19-54(49)62/h3-31,33-39,46,51,59,62H,32H2,1-2H3. The molecule has 4 aliphatic rings. The van der Waals surface area contributed by atoms with Crippen LogP contribution in [0.1, 0.15) is 54.4 Å². The van der Waals surface area contributed by atoms with Gasteiger partial charge in [0.1, 0.15) is 0 Å². The van der Waals surface area contributed by atoms with Gasteiger partial charge in [-0.2, -0.15) is 0 Å². The largest absolute Gasteiger partial charge is 0.335 e. The van der Waals surface area contributed by atoms with E-state index in [9.17, 15) is 0 Å². The lowest BCUT2D eigenvalue weighted by atomic mass is 9.73. The van der Waals surface area contributed by atoms with Gasteiger partial charge >= 0.3 is 0 Å². The number of anilines is 1. The number of hydrogen-bond acceptors (Lipinski definition) is 1. The fourth-order valence-electron chi connectivity index (χ4n) is 12.7. The van der Waals surface area contributed by atoms with Gasteiger partial charge in [-0.3, -0.25) is 0 Å². The SMILES string of the molecule is CC1(C)c2cc(-c3ccc4c(c3)c3cccc5c6ccccc6n4c53)ccc2C2C=CC(N(c3ccc(-c4ccccc4)cc3)C3C=CC(C4c5ccccc5-c5ccccc54)=CC3)=CC21. The van der Waals surface area contributed by atoms with Gasteiger partial charge in [-0.25, -0.2) is 0 Å². The zero-order chi connectivity index (χ0) is 43.7. The molecule has 2 aromatic heterocycles. The summed E-state index contributed by atoms with van der Waals surface area (Å²) < 4.78 is 2.47. The van der Waals surface area contributed by atoms with Crippen LogP contribution in [0.2, 0.25) is 0 Å². The van der Waals surface area contributed by atoms with Crippen LogP contribution in [0.3, 0.4) is 0 Å². The molecule has 3 atom stereocenters. The number of allylic oxidation sites excluding steroid dienone is 5. The number of para-hydroxylation sites is 2. The van der Waals surface area contributed by atoms with Crippen molar-refractivity contribution in [3.63, 3.8) is 0 Å². The van der Waals surface area contributed by atoms with Gasteiger partial charge in [0.25, 0.3) is 0 Å². The van der Waals surface area contributed by atoms with E-state index in [1.807, 2.05) is 0 Å². The predicted octanol–water partition coefficient (Wildman–Crippen LogP) is 16.2. The minimum Gasteiger partial charge on any atom is -0.335 e. The molecule has 8 aromatic carbocycles. The quantitative estimate of drug-likeness (QED) is 0.162. The summed E-state index contributed by atoms with van der Waals surface area (Å²) in [6.45, 7) is 4.95. The zero-order valence-electron chi connectivity index (χ0n) is 37.2. The van der Waals surface area contributed by atoms with Gasteiger partial charge in [0.05, 0.1) is 22.6 Å². The number of aromatic nitrogens is 1. The number of nitrogens with zero attached hydrogens (tertiary/aromatic N) is 2. The average molecular weight is 845 g/mol. The summed E-state index contributed by atoms with van der Waals surface area (Å²) in [5.41, 5.74) is 21.2. The Hall–Kier alpha value is -7.68. The Bertz CT molecular complexity index is 3680. The van der Waals surface area contributed by atoms with Gasteiger partial charge in [0, 0.05) is 44.8 Å². The average Bonchev–Trinajstić information content (AvgIpc) is 4.07. The maximum absolute atomic E-state index is 2.61. The molecule has 3 unspecified atom stereocenters. The van der Waals surface area contributed by atoms with Crippen LogP contribution < -0.4 is 4.90 Å². The molecule has 0 bridgehead atoms. The topological polar surface area (TPSA) is 7.65 Å². The lowest BCUT2D eigenvalue weighted by Gasteiger charge is -2.38. The summed E-state index contributed by atoms with van der Waals surface area (Å²) in [6.07, 6.45) is 15.9. The van der Waals surface area contributed by atoms with Crippen molar-refractivity contribution in [2.45, 2.75) is 43.6 Å². The van der Waals surface area contributed by atoms with Crippen molar-refractivity contribution >= 4 is 43.8 Å². The lowest BCUT2D eigenvalue weighted by molar-refractivity contribution is 0.391. The molecular formula is C64H48N2. The third-order valence-electron chi connectivity index (χ3n) is 15.8. The minimum absolute atomic E-state index is 0.0762. The molecule has 0 N–H and O–H groups in total. The van der Waals surface area contributed by atoms with E-state index < -0.39 is 0 Å². The molecule has 10 aromatic rings. The van der Waals surface area contributed by atoms with Gasteiger partial charge in [-0.1, -0.05) is 196 Å². The van der Waals surface area contributed by atoms with Crippen LogP contribution in [0.5, 0.6) is 0 Å². The first-order chi connectivity index (χ1) is 32.5. The normalized spacial score (nSPS) is 19.3. The predicted molar refractivity (Wildman–Crippen MR) is 277 cm³/mol. The molecule has 0 saturated heterocycles. The van der Waals surface area contributed by atoms with E-state index in [4.69, 9.17) is 0 Å². The molecule has 2 nitrogen and oxygen atoms in total. The van der Waals surface area contributed by atoms with Crippen molar-refractivity contribution < 1.29 is 0 Å². The Morgan fingerprint density at radius 2 is 1.15 bits per heavy atom. The highest BCUT2D eigenvalue weighted by Crippen LogP contribution is 2.55. The number of hydrogen-bond donors (Lipinski definition) is 0. The second-order valence-corrected chi connectivity index (χ2v) is 19.6. The van der Waals surface area contributed by atoms with E-state index in [1.54, 1.807) is 0 Å². The van der Waals surface area contributed by atoms with E-state index in [-0.39, 0.29) is 17.4 Å². The second-order valence-electron chi connectivity index (χ2n) is 19.6. The fraction of sp³-hybridized carbons (Fsp3) is 0.125. The third kappa shape index (κ3) is 5.42. The molecule has 66 heavy (non-hydrogen) atoms. The molecule has 2 heteroatoms. The van der Waals surface area contributed by atoms with Crippen molar-refractivity contribution in [2.75, 3.05) is 4.90 Å². The lowest BCUT2D eigenvalue weighted by Crippen LogP contribution is -2.36. The maximum Gasteiger partial charge on any atom is 0.0620 e. The molecule has 14 rings (SSSR count). The molecule has 4 aliphatic carbocycles. The van der Waals surface area contributed by atoms with E-state index in [0.717, 1.165) is 6.42 Å². The molecule has 0 amide bonds. The monoisotopic (exact) mass is 844 g/mol. The Morgan fingerprint density at radius 1 is 0.515 bits per heavy atom. The highest BCUT2D eigenvalue weighted by molar-refractivity contribution is 6.23.